The zero-order valence-corrected chi connectivity index (χ0v) is 12.7. The maximum Gasteiger partial charge on any atom is 0.244 e. The van der Waals surface area contributed by atoms with Gasteiger partial charge in [-0.3, -0.25) is 0 Å². The molecule has 1 aliphatic carbocycles. The Labute approximate surface area is 125 Å². The maximum atomic E-state index is 12.5. The maximum absolute atomic E-state index is 12.5. The smallest absolute Gasteiger partial charge is 0.244 e. The van der Waals surface area contributed by atoms with Crippen molar-refractivity contribution in [3.63, 3.8) is 0 Å². The van der Waals surface area contributed by atoms with Crippen molar-refractivity contribution in [2.45, 2.75) is 42.7 Å². The molecule has 21 heavy (non-hydrogen) atoms. The van der Waals surface area contributed by atoms with Gasteiger partial charge in [0.2, 0.25) is 10.0 Å². The van der Waals surface area contributed by atoms with E-state index < -0.39 is 10.0 Å². The van der Waals surface area contributed by atoms with Gasteiger partial charge in [0, 0.05) is 12.1 Å². The predicted octanol–water partition coefficient (Wildman–Crippen LogP) is 1.12. The van der Waals surface area contributed by atoms with Crippen LogP contribution in [0.3, 0.4) is 0 Å². The van der Waals surface area contributed by atoms with E-state index in [0.29, 0.717) is 12.0 Å². The lowest BCUT2D eigenvalue weighted by Crippen LogP contribution is -2.42. The Morgan fingerprint density at radius 2 is 2.19 bits per heavy atom. The molecule has 6 nitrogen and oxygen atoms in total. The van der Waals surface area contributed by atoms with Crippen LogP contribution in [0.25, 0.3) is 0 Å². The molecule has 0 spiro atoms. The second-order valence-electron chi connectivity index (χ2n) is 5.22. The molecule has 1 saturated carbocycles. The van der Waals surface area contributed by atoms with Gasteiger partial charge in [0.1, 0.15) is 10.6 Å². The zero-order chi connectivity index (χ0) is 15.5. The van der Waals surface area contributed by atoms with Gasteiger partial charge < -0.3 is 10.5 Å². The van der Waals surface area contributed by atoms with Crippen molar-refractivity contribution in [2.75, 3.05) is 7.11 Å². The molecule has 0 radical (unpaired) electrons. The topological polar surface area (TPSA) is 105 Å². The lowest BCUT2D eigenvalue weighted by atomic mass is 9.92. The summed E-state index contributed by atoms with van der Waals surface area (Å²) < 4.78 is 32.7. The first-order valence-corrected chi connectivity index (χ1v) is 8.30. The van der Waals surface area contributed by atoms with Crippen molar-refractivity contribution < 1.29 is 13.2 Å². The third-order valence-corrected chi connectivity index (χ3v) is 5.18. The largest absolute Gasteiger partial charge is 0.495 e. The first-order chi connectivity index (χ1) is 9.96. The molecule has 2 atom stereocenters. The fourth-order valence-corrected chi connectivity index (χ4v) is 4.01. The molecule has 2 unspecified atom stereocenters. The van der Waals surface area contributed by atoms with E-state index in [4.69, 9.17) is 15.7 Å². The van der Waals surface area contributed by atoms with Crippen LogP contribution in [0.1, 0.15) is 31.2 Å². The molecule has 114 valence electrons. The van der Waals surface area contributed by atoms with Gasteiger partial charge in [0.15, 0.2) is 0 Å². The Hall–Kier alpha value is -1.62. The first-order valence-electron chi connectivity index (χ1n) is 6.82. The van der Waals surface area contributed by atoms with Crippen LogP contribution in [0.4, 0.5) is 0 Å². The molecule has 1 fully saturated rings. The molecule has 0 aliphatic heterocycles. The number of hydrogen-bond donors (Lipinski definition) is 2. The Morgan fingerprint density at radius 3 is 2.81 bits per heavy atom. The Bertz CT molecular complexity index is 652. The summed E-state index contributed by atoms with van der Waals surface area (Å²) in [6.07, 6.45) is 3.26. The summed E-state index contributed by atoms with van der Waals surface area (Å²) in [5.41, 5.74) is 6.23. The number of hydrogen-bond acceptors (Lipinski definition) is 5. The lowest BCUT2D eigenvalue weighted by Gasteiger charge is -2.27. The molecule has 1 aromatic rings. The quantitative estimate of drug-likeness (QED) is 0.867. The minimum absolute atomic E-state index is 0.0364. The van der Waals surface area contributed by atoms with E-state index in [2.05, 4.69) is 4.72 Å². The molecule has 2 rings (SSSR count). The van der Waals surface area contributed by atoms with E-state index in [1.165, 1.54) is 25.3 Å². The molecule has 1 aromatic carbocycles. The van der Waals surface area contributed by atoms with Crippen molar-refractivity contribution in [3.8, 4) is 11.8 Å². The fourth-order valence-electron chi connectivity index (χ4n) is 2.58. The number of nitrogens with one attached hydrogen (secondary N) is 1. The monoisotopic (exact) mass is 309 g/mol. The number of nitrogens with two attached hydrogens (primary N) is 1. The second-order valence-corrected chi connectivity index (χ2v) is 6.90. The summed E-state index contributed by atoms with van der Waals surface area (Å²) in [5, 5.41) is 8.86. The normalized spacial score (nSPS) is 22.5. The molecular weight excluding hydrogens is 290 g/mol. The molecular formula is C14H19N3O3S. The molecule has 0 saturated heterocycles. The summed E-state index contributed by atoms with van der Waals surface area (Å²) in [4.78, 5) is 0.0446. The first kappa shape index (κ1) is 15.8. The highest BCUT2D eigenvalue weighted by molar-refractivity contribution is 7.89. The van der Waals surface area contributed by atoms with Gasteiger partial charge in [-0.2, -0.15) is 5.26 Å². The Kier molecular flexibility index (Phi) is 4.83. The van der Waals surface area contributed by atoms with Crippen molar-refractivity contribution in [2.24, 2.45) is 5.73 Å². The Balaban J connectivity index is 2.25. The molecule has 0 amide bonds. The van der Waals surface area contributed by atoms with E-state index in [-0.39, 0.29) is 22.7 Å². The predicted molar refractivity (Wildman–Crippen MR) is 78.3 cm³/mol. The summed E-state index contributed by atoms with van der Waals surface area (Å²) in [6, 6.07) is 6.11. The van der Waals surface area contributed by atoms with Gasteiger partial charge >= 0.3 is 0 Å². The van der Waals surface area contributed by atoms with E-state index in [1.807, 2.05) is 6.07 Å². The van der Waals surface area contributed by atoms with Crippen molar-refractivity contribution >= 4 is 10.0 Å². The number of methoxy groups -OCH3 is 1. The van der Waals surface area contributed by atoms with Gasteiger partial charge in [-0.05, 0) is 37.5 Å². The van der Waals surface area contributed by atoms with Crippen LogP contribution in [0.15, 0.2) is 23.1 Å². The van der Waals surface area contributed by atoms with Gasteiger partial charge in [0.25, 0.3) is 0 Å². The van der Waals surface area contributed by atoms with Gasteiger partial charge in [-0.25, -0.2) is 13.1 Å². The minimum Gasteiger partial charge on any atom is -0.495 e. The highest BCUT2D eigenvalue weighted by atomic mass is 32.2. The van der Waals surface area contributed by atoms with Crippen molar-refractivity contribution in [3.05, 3.63) is 23.8 Å². The molecule has 0 bridgehead atoms. The molecule has 0 aromatic heterocycles. The summed E-state index contributed by atoms with van der Waals surface area (Å²) in [7, 11) is -2.31. The summed E-state index contributed by atoms with van der Waals surface area (Å²) in [6.45, 7) is 0. The van der Waals surface area contributed by atoms with Crippen LogP contribution in [-0.2, 0) is 10.0 Å². The highest BCUT2D eigenvalue weighted by Crippen LogP contribution is 2.26. The van der Waals surface area contributed by atoms with E-state index >= 15 is 0 Å². The summed E-state index contributed by atoms with van der Waals surface area (Å²) >= 11 is 0. The molecule has 3 N–H and O–H groups in total. The number of benzene rings is 1. The van der Waals surface area contributed by atoms with Gasteiger partial charge in [-0.15, -0.1) is 0 Å². The van der Waals surface area contributed by atoms with E-state index in [0.717, 1.165) is 19.3 Å². The average molecular weight is 309 g/mol. The molecule has 7 heteroatoms. The third-order valence-electron chi connectivity index (χ3n) is 3.62. The summed E-state index contributed by atoms with van der Waals surface area (Å²) in [5.74, 6) is 0.168. The van der Waals surface area contributed by atoms with Crippen LogP contribution in [-0.4, -0.2) is 27.6 Å². The molecule has 1 aliphatic rings. The minimum atomic E-state index is -3.69. The van der Waals surface area contributed by atoms with Crippen LogP contribution in [0, 0.1) is 11.3 Å². The number of nitrogens with zero attached hydrogens (tertiary/aromatic N) is 1. The zero-order valence-electron chi connectivity index (χ0n) is 11.9. The van der Waals surface area contributed by atoms with Crippen LogP contribution < -0.4 is 15.2 Å². The third kappa shape index (κ3) is 3.73. The van der Waals surface area contributed by atoms with Crippen molar-refractivity contribution in [1.82, 2.24) is 4.72 Å². The number of ether oxygens (including phenoxy) is 1. The lowest BCUT2D eigenvalue weighted by molar-refractivity contribution is 0.369. The van der Waals surface area contributed by atoms with Crippen LogP contribution in [0.5, 0.6) is 5.75 Å². The highest BCUT2D eigenvalue weighted by Gasteiger charge is 2.27. The number of sulfonamides is 1. The van der Waals surface area contributed by atoms with Crippen LogP contribution in [0.2, 0.25) is 0 Å². The van der Waals surface area contributed by atoms with Gasteiger partial charge in [0.05, 0.1) is 18.7 Å². The van der Waals surface area contributed by atoms with Gasteiger partial charge in [-0.1, -0.05) is 6.42 Å². The van der Waals surface area contributed by atoms with Crippen LogP contribution >= 0.6 is 0 Å². The van der Waals surface area contributed by atoms with E-state index in [9.17, 15) is 8.42 Å². The van der Waals surface area contributed by atoms with Crippen molar-refractivity contribution in [1.29, 1.82) is 5.26 Å². The Morgan fingerprint density at radius 1 is 1.43 bits per heavy atom. The molecule has 0 heterocycles. The number of rotatable bonds is 4. The fraction of sp³-hybridized carbons (Fsp3) is 0.500. The number of nitriles is 1. The second kappa shape index (κ2) is 6.43. The average Bonchev–Trinajstić information content (AvgIpc) is 2.46. The van der Waals surface area contributed by atoms with E-state index in [1.54, 1.807) is 0 Å². The standard InChI is InChI=1S/C14H19N3O3S/c1-20-13-7-10(9-15)5-6-14(13)21(18,19)17-12-4-2-3-11(16)8-12/h5-7,11-12,17H,2-4,8,16H2,1H3. The SMILES string of the molecule is COc1cc(C#N)ccc1S(=O)(=O)NC1CCCC(N)C1.